The van der Waals surface area contributed by atoms with Crippen molar-refractivity contribution >= 4 is 38.8 Å². The van der Waals surface area contributed by atoms with Crippen molar-refractivity contribution in [1.29, 1.82) is 0 Å². The topological polar surface area (TPSA) is 0 Å². The lowest BCUT2D eigenvalue weighted by molar-refractivity contribution is 1.55. The second kappa shape index (κ2) is 3.81. The second-order valence-corrected chi connectivity index (χ2v) is 15.0. The highest BCUT2D eigenvalue weighted by molar-refractivity contribution is 6.90. The van der Waals surface area contributed by atoms with E-state index in [1.807, 2.05) is 0 Å². The Morgan fingerprint density at radius 1 is 1.00 bits per heavy atom. The Hall–Kier alpha value is 0.868. The van der Waals surface area contributed by atoms with Gasteiger partial charge in [-0.3, -0.25) is 0 Å². The molecule has 0 bridgehead atoms. The van der Waals surface area contributed by atoms with Gasteiger partial charge in [0.25, 0.3) is 0 Å². The second-order valence-electron chi connectivity index (χ2n) is 2.87. The minimum atomic E-state index is -0.486. The average molecular weight is 179 g/mol. The van der Waals surface area contributed by atoms with Crippen molar-refractivity contribution in [3.63, 3.8) is 0 Å². The maximum atomic E-state index is 2.60. The van der Waals surface area contributed by atoms with Gasteiger partial charge in [0.05, 0.1) is 0 Å². The van der Waals surface area contributed by atoms with Gasteiger partial charge in [0.1, 0.15) is 0 Å². The molecule has 0 aliphatic heterocycles. The monoisotopic (exact) mass is 178 g/mol. The Bertz CT molecular complexity index is 50.8. The first-order valence-corrected chi connectivity index (χ1v) is 11.0. The molecule has 50 valence electrons. The summed E-state index contributed by atoms with van der Waals surface area (Å²) in [5.41, 5.74) is 5.00. The van der Waals surface area contributed by atoms with Crippen LogP contribution in [0.25, 0.3) is 0 Å². The largest absolute Gasteiger partial charge is 0.0700 e. The normalized spacial score (nSPS) is 19.1. The van der Waals surface area contributed by atoms with Crippen molar-refractivity contribution in [2.75, 3.05) is 0 Å². The fourth-order valence-corrected chi connectivity index (χ4v) is 20.2. The predicted molar refractivity (Wildman–Crippen MR) is 55.9 cm³/mol. The van der Waals surface area contributed by atoms with Gasteiger partial charge in [0.2, 0.25) is 0 Å². The maximum Gasteiger partial charge on any atom is 0.0402 e. The molecule has 0 rings (SSSR count). The third-order valence-electron chi connectivity index (χ3n) is 2.56. The number of rotatable bonds is 3. The Labute approximate surface area is 62.7 Å². The summed E-state index contributed by atoms with van der Waals surface area (Å²) in [4.78, 5) is 0. The quantitative estimate of drug-likeness (QED) is 0.440. The van der Waals surface area contributed by atoms with E-state index < -0.39 is 8.07 Å². The van der Waals surface area contributed by atoms with Gasteiger partial charge in [-0.15, -0.1) is 0 Å². The van der Waals surface area contributed by atoms with E-state index in [1.165, 1.54) is 30.7 Å². The summed E-state index contributed by atoms with van der Waals surface area (Å²) in [6.07, 6.45) is 0. The van der Waals surface area contributed by atoms with Gasteiger partial charge in [-0.1, -0.05) is 23.5 Å². The molecule has 0 aliphatic carbocycles. The molecule has 0 aliphatic rings. The van der Waals surface area contributed by atoms with Crippen LogP contribution in [0.5, 0.6) is 0 Å². The van der Waals surface area contributed by atoms with Crippen molar-refractivity contribution in [3.05, 3.63) is 0 Å². The molecule has 8 heavy (non-hydrogen) atoms. The van der Waals surface area contributed by atoms with Gasteiger partial charge in [-0.25, -0.2) is 0 Å². The van der Waals surface area contributed by atoms with Gasteiger partial charge in [0, 0.05) is 8.07 Å². The Balaban J connectivity index is 3.58. The molecule has 0 N–H and O–H groups in total. The molecular formula is C4H18Si4. The zero-order valence-electron chi connectivity index (χ0n) is 6.62. The smallest absolute Gasteiger partial charge is 0.0402 e. The van der Waals surface area contributed by atoms with Gasteiger partial charge < -0.3 is 0 Å². The molecule has 0 heterocycles. The minimum absolute atomic E-state index is 0.486. The Kier molecular flexibility index (Phi) is 4.22. The standard InChI is InChI=1S/C4H18Si4/c1-8(2-5,3-6)4-7/h2-4H2,1,5-7H3. The highest BCUT2D eigenvalue weighted by atomic mass is 28.4. The van der Waals surface area contributed by atoms with Crippen LogP contribution in [0, 0.1) is 0 Å². The van der Waals surface area contributed by atoms with Crippen molar-refractivity contribution in [1.82, 2.24) is 0 Å². The summed E-state index contributed by atoms with van der Waals surface area (Å²) in [6, 6.07) is 0. The summed E-state index contributed by atoms with van der Waals surface area (Å²) in [5, 5.41) is 0. The molecule has 0 saturated heterocycles. The molecule has 0 aromatic carbocycles. The predicted octanol–water partition coefficient (Wildman–Crippen LogP) is -1.97. The summed E-state index contributed by atoms with van der Waals surface area (Å²) < 4.78 is 0. The van der Waals surface area contributed by atoms with Gasteiger partial charge >= 0.3 is 0 Å². The van der Waals surface area contributed by atoms with Gasteiger partial charge in [-0.05, 0) is 30.7 Å². The van der Waals surface area contributed by atoms with Crippen molar-refractivity contribution in [3.8, 4) is 0 Å². The van der Waals surface area contributed by atoms with Gasteiger partial charge in [-0.2, -0.15) is 0 Å². The highest BCUT2D eigenvalue weighted by Crippen LogP contribution is 2.13. The molecule has 0 unspecified atom stereocenters. The number of hydrogen-bond acceptors (Lipinski definition) is 0. The first kappa shape index (κ1) is 8.87. The molecule has 0 amide bonds. The third kappa shape index (κ3) is 2.43. The maximum absolute atomic E-state index is 2.60. The van der Waals surface area contributed by atoms with Crippen LogP contribution in [0.3, 0.4) is 0 Å². The van der Waals surface area contributed by atoms with E-state index >= 15 is 0 Å². The van der Waals surface area contributed by atoms with E-state index in [0.717, 1.165) is 0 Å². The van der Waals surface area contributed by atoms with Crippen LogP contribution in [0.4, 0.5) is 0 Å². The van der Waals surface area contributed by atoms with Crippen LogP contribution in [0.15, 0.2) is 0 Å². The first-order valence-electron chi connectivity index (χ1n) is 3.68. The minimum Gasteiger partial charge on any atom is -0.0700 e. The Morgan fingerprint density at radius 2 is 1.25 bits per heavy atom. The van der Waals surface area contributed by atoms with Crippen LogP contribution < -0.4 is 0 Å². The fourth-order valence-electron chi connectivity index (χ4n) is 0.750. The molecular weight excluding hydrogens is 160 g/mol. The van der Waals surface area contributed by atoms with Crippen molar-refractivity contribution < 1.29 is 0 Å². The van der Waals surface area contributed by atoms with E-state index in [2.05, 4.69) is 6.55 Å². The lowest BCUT2D eigenvalue weighted by atomic mass is 11.7. The fraction of sp³-hybridized carbons (Fsp3) is 1.00. The third-order valence-corrected chi connectivity index (χ3v) is 23.0. The summed E-state index contributed by atoms with van der Waals surface area (Å²) in [5.74, 6) is 0. The molecule has 0 aromatic rings. The molecule has 0 fully saturated rings. The molecule has 4 heteroatoms. The van der Waals surface area contributed by atoms with Crippen LogP contribution in [0.1, 0.15) is 0 Å². The van der Waals surface area contributed by atoms with Crippen LogP contribution in [-0.2, 0) is 0 Å². The molecule has 0 radical (unpaired) electrons. The lowest BCUT2D eigenvalue weighted by Gasteiger charge is -2.21. The van der Waals surface area contributed by atoms with E-state index in [-0.39, 0.29) is 0 Å². The van der Waals surface area contributed by atoms with Gasteiger partial charge in [0.15, 0.2) is 0 Å². The van der Waals surface area contributed by atoms with E-state index in [0.29, 0.717) is 0 Å². The van der Waals surface area contributed by atoms with Crippen molar-refractivity contribution in [2.45, 2.75) is 23.5 Å². The highest BCUT2D eigenvalue weighted by Gasteiger charge is 2.17. The summed E-state index contributed by atoms with van der Waals surface area (Å²) in [7, 11) is 3.93. The Morgan fingerprint density at radius 3 is 1.25 bits per heavy atom. The average Bonchev–Trinajstić information content (AvgIpc) is 1.87. The number of hydrogen-bond donors (Lipinski definition) is 0. The zero-order valence-corrected chi connectivity index (χ0v) is 13.6. The SMILES string of the molecule is C[Si](C[SiH3])(C[SiH3])C[SiH3]. The zero-order chi connectivity index (χ0) is 6.62. The first-order chi connectivity index (χ1) is 3.68. The molecule has 0 nitrogen and oxygen atoms in total. The molecule has 0 saturated carbocycles. The summed E-state index contributed by atoms with van der Waals surface area (Å²) in [6.45, 7) is 2.60. The van der Waals surface area contributed by atoms with E-state index in [4.69, 9.17) is 0 Å². The molecule has 0 atom stereocenters. The summed E-state index contributed by atoms with van der Waals surface area (Å²) >= 11 is 0. The van der Waals surface area contributed by atoms with E-state index in [9.17, 15) is 0 Å². The van der Waals surface area contributed by atoms with Crippen molar-refractivity contribution in [2.24, 2.45) is 0 Å². The molecule has 0 spiro atoms. The van der Waals surface area contributed by atoms with Crippen LogP contribution in [-0.4, -0.2) is 38.8 Å². The van der Waals surface area contributed by atoms with Crippen LogP contribution in [0.2, 0.25) is 23.5 Å². The molecule has 0 aromatic heterocycles. The lowest BCUT2D eigenvalue weighted by Crippen LogP contribution is -2.29. The van der Waals surface area contributed by atoms with E-state index in [1.54, 1.807) is 17.0 Å². The van der Waals surface area contributed by atoms with Crippen LogP contribution >= 0.6 is 0 Å².